The van der Waals surface area contributed by atoms with E-state index < -0.39 is 17.5 Å². The second-order valence-corrected chi connectivity index (χ2v) is 5.33. The van der Waals surface area contributed by atoms with Gasteiger partial charge in [0.2, 0.25) is 11.7 Å². The summed E-state index contributed by atoms with van der Waals surface area (Å²) in [5.74, 6) is -1.71. The fourth-order valence-corrected chi connectivity index (χ4v) is 1.97. The number of amides is 1. The van der Waals surface area contributed by atoms with Gasteiger partial charge in [0.15, 0.2) is 5.82 Å². The topological polar surface area (TPSA) is 81.2 Å². The van der Waals surface area contributed by atoms with Crippen LogP contribution in [0.5, 0.6) is 0 Å². The number of hydrogen-bond acceptors (Lipinski definition) is 5. The fraction of sp³-hybridized carbons (Fsp3) is 0.462. The number of hydrogen-bond donors (Lipinski definition) is 1. The molecule has 120 valence electrons. The van der Waals surface area contributed by atoms with Crippen LogP contribution in [0.1, 0.15) is 38.1 Å². The fourth-order valence-electron chi connectivity index (χ4n) is 1.97. The first-order valence-corrected chi connectivity index (χ1v) is 6.31. The molecule has 0 spiro atoms. The van der Waals surface area contributed by atoms with Crippen molar-refractivity contribution in [1.82, 2.24) is 15.5 Å². The lowest BCUT2D eigenvalue weighted by Gasteiger charge is -2.20. The Kier molecular flexibility index (Phi) is 3.76. The van der Waals surface area contributed by atoms with Crippen LogP contribution in [0.3, 0.4) is 0 Å². The maximum absolute atomic E-state index is 12.9. The molecule has 9 heteroatoms. The van der Waals surface area contributed by atoms with Crippen molar-refractivity contribution in [3.05, 3.63) is 23.4 Å². The van der Waals surface area contributed by atoms with Gasteiger partial charge >= 0.3 is 6.18 Å². The molecule has 0 aliphatic heterocycles. The van der Waals surface area contributed by atoms with Gasteiger partial charge in [0.05, 0.1) is 11.1 Å². The summed E-state index contributed by atoms with van der Waals surface area (Å²) in [7, 11) is 0. The number of carbonyl (C=O) groups excluding carboxylic acids is 1. The molecule has 2 aromatic heterocycles. The molecule has 2 heterocycles. The number of rotatable bonds is 3. The van der Waals surface area contributed by atoms with Crippen LogP contribution in [0, 0.1) is 6.92 Å². The van der Waals surface area contributed by atoms with Crippen molar-refractivity contribution in [1.29, 1.82) is 0 Å². The Labute approximate surface area is 123 Å². The number of aryl methyl sites for hydroxylation is 1. The number of furan rings is 1. The molecule has 6 nitrogen and oxygen atoms in total. The highest BCUT2D eigenvalue weighted by Gasteiger charge is 2.40. The zero-order valence-corrected chi connectivity index (χ0v) is 12.3. The summed E-state index contributed by atoms with van der Waals surface area (Å²) >= 11 is 0. The van der Waals surface area contributed by atoms with Gasteiger partial charge in [0.25, 0.3) is 5.89 Å². The molecule has 2 rings (SSSR count). The van der Waals surface area contributed by atoms with Crippen LogP contribution in [0.4, 0.5) is 13.2 Å². The van der Waals surface area contributed by atoms with E-state index in [4.69, 9.17) is 4.52 Å². The van der Waals surface area contributed by atoms with Gasteiger partial charge in [-0.25, -0.2) is 0 Å². The Morgan fingerprint density at radius 3 is 2.50 bits per heavy atom. The SMILES string of the molecule is CC(=O)NC(C)(C)c1noc(-c2cc(C)oc2C(F)(F)F)n1. The van der Waals surface area contributed by atoms with Crippen LogP contribution in [0.15, 0.2) is 15.0 Å². The number of halogens is 3. The van der Waals surface area contributed by atoms with Crippen molar-refractivity contribution < 1.29 is 26.9 Å². The van der Waals surface area contributed by atoms with E-state index in [1.165, 1.54) is 19.9 Å². The predicted octanol–water partition coefficient (Wildman–Crippen LogP) is 3.03. The van der Waals surface area contributed by atoms with Crippen LogP contribution in [0.2, 0.25) is 0 Å². The van der Waals surface area contributed by atoms with Crippen LogP contribution in [0.25, 0.3) is 11.5 Å². The predicted molar refractivity (Wildman–Crippen MR) is 68.6 cm³/mol. The van der Waals surface area contributed by atoms with E-state index in [2.05, 4.69) is 19.9 Å². The lowest BCUT2D eigenvalue weighted by atomic mass is 10.1. The zero-order chi connectivity index (χ0) is 16.7. The number of alkyl halides is 3. The van der Waals surface area contributed by atoms with Gasteiger partial charge < -0.3 is 14.3 Å². The third-order valence-corrected chi connectivity index (χ3v) is 2.82. The molecular weight excluding hydrogens is 303 g/mol. The summed E-state index contributed by atoms with van der Waals surface area (Å²) in [5, 5.41) is 6.22. The Balaban J connectivity index is 2.43. The van der Waals surface area contributed by atoms with Crippen LogP contribution >= 0.6 is 0 Å². The van der Waals surface area contributed by atoms with Crippen molar-refractivity contribution in [2.75, 3.05) is 0 Å². The monoisotopic (exact) mass is 317 g/mol. The molecule has 2 aromatic rings. The molecule has 0 unspecified atom stereocenters. The number of carbonyl (C=O) groups is 1. The van der Waals surface area contributed by atoms with Gasteiger partial charge in [0.1, 0.15) is 5.76 Å². The third kappa shape index (κ3) is 3.12. The van der Waals surface area contributed by atoms with Gasteiger partial charge in [-0.15, -0.1) is 0 Å². The van der Waals surface area contributed by atoms with Crippen LogP contribution in [-0.4, -0.2) is 16.0 Å². The normalized spacial score (nSPS) is 12.5. The van der Waals surface area contributed by atoms with Gasteiger partial charge in [-0.3, -0.25) is 4.79 Å². The molecule has 0 atom stereocenters. The van der Waals surface area contributed by atoms with E-state index in [1.807, 2.05) is 0 Å². The van der Waals surface area contributed by atoms with E-state index in [0.29, 0.717) is 0 Å². The van der Waals surface area contributed by atoms with Crippen molar-refractivity contribution in [3.8, 4) is 11.5 Å². The van der Waals surface area contributed by atoms with Crippen LogP contribution in [-0.2, 0) is 16.5 Å². The first kappa shape index (κ1) is 16.1. The standard InChI is InChI=1S/C13H14F3N3O3/c1-6-5-8(9(21-6)13(14,15)16)10-17-11(19-22-10)12(3,4)18-7(2)20/h5H,1-4H3,(H,18,20). The molecule has 0 bridgehead atoms. The highest BCUT2D eigenvalue weighted by Crippen LogP contribution is 2.38. The summed E-state index contributed by atoms with van der Waals surface area (Å²) in [6, 6.07) is 1.17. The number of nitrogens with zero attached hydrogens (tertiary/aromatic N) is 2. The van der Waals surface area contributed by atoms with Gasteiger partial charge in [-0.2, -0.15) is 18.2 Å². The highest BCUT2D eigenvalue weighted by atomic mass is 19.4. The maximum atomic E-state index is 12.9. The minimum atomic E-state index is -4.68. The summed E-state index contributed by atoms with van der Waals surface area (Å²) in [6.45, 7) is 5.91. The largest absolute Gasteiger partial charge is 0.456 e. The van der Waals surface area contributed by atoms with Gasteiger partial charge in [-0.05, 0) is 26.8 Å². The first-order valence-electron chi connectivity index (χ1n) is 6.31. The van der Waals surface area contributed by atoms with E-state index in [1.54, 1.807) is 13.8 Å². The number of aromatic nitrogens is 2. The molecule has 0 saturated carbocycles. The smallest absolute Gasteiger partial charge is 0.450 e. The third-order valence-electron chi connectivity index (χ3n) is 2.82. The lowest BCUT2D eigenvalue weighted by Crippen LogP contribution is -2.40. The summed E-state index contributed by atoms with van der Waals surface area (Å²) in [6.07, 6.45) is -4.68. The Bertz CT molecular complexity index is 701. The molecule has 22 heavy (non-hydrogen) atoms. The van der Waals surface area contributed by atoms with E-state index in [0.717, 1.165) is 0 Å². The molecule has 0 saturated heterocycles. The quantitative estimate of drug-likeness (QED) is 0.941. The molecule has 0 aliphatic carbocycles. The summed E-state index contributed by atoms with van der Waals surface area (Å²) < 4.78 is 48.3. The minimum absolute atomic E-state index is 0.0599. The minimum Gasteiger partial charge on any atom is -0.456 e. The van der Waals surface area contributed by atoms with Crippen molar-refractivity contribution in [2.24, 2.45) is 0 Å². The Morgan fingerprint density at radius 1 is 1.32 bits per heavy atom. The maximum Gasteiger partial charge on any atom is 0.450 e. The molecular formula is C13H14F3N3O3. The van der Waals surface area contributed by atoms with E-state index in [-0.39, 0.29) is 28.9 Å². The van der Waals surface area contributed by atoms with Gasteiger partial charge in [-0.1, -0.05) is 5.16 Å². The Morgan fingerprint density at radius 2 is 1.95 bits per heavy atom. The van der Waals surface area contributed by atoms with Crippen molar-refractivity contribution >= 4 is 5.91 Å². The molecule has 0 aromatic carbocycles. The van der Waals surface area contributed by atoms with E-state index in [9.17, 15) is 18.0 Å². The van der Waals surface area contributed by atoms with Crippen LogP contribution < -0.4 is 5.32 Å². The molecule has 0 fully saturated rings. The number of nitrogens with one attached hydrogen (secondary N) is 1. The molecule has 0 aliphatic rings. The van der Waals surface area contributed by atoms with Crippen molar-refractivity contribution in [2.45, 2.75) is 39.4 Å². The van der Waals surface area contributed by atoms with E-state index >= 15 is 0 Å². The zero-order valence-electron chi connectivity index (χ0n) is 12.3. The molecule has 1 amide bonds. The van der Waals surface area contributed by atoms with Gasteiger partial charge in [0, 0.05) is 6.92 Å². The first-order chi connectivity index (χ1) is 10.0. The summed E-state index contributed by atoms with van der Waals surface area (Å²) in [4.78, 5) is 15.1. The van der Waals surface area contributed by atoms with Crippen molar-refractivity contribution in [3.63, 3.8) is 0 Å². The average Bonchev–Trinajstić information content (AvgIpc) is 2.91. The Hall–Kier alpha value is -2.32. The second kappa shape index (κ2) is 5.15. The highest BCUT2D eigenvalue weighted by molar-refractivity contribution is 5.73. The molecule has 0 radical (unpaired) electrons. The molecule has 1 N–H and O–H groups in total. The lowest BCUT2D eigenvalue weighted by molar-refractivity contribution is -0.152. The summed E-state index contributed by atoms with van der Waals surface area (Å²) in [5.41, 5.74) is -1.31. The average molecular weight is 317 g/mol. The second-order valence-electron chi connectivity index (χ2n) is 5.33.